The molecule has 18 heavy (non-hydrogen) atoms. The van der Waals surface area contributed by atoms with Gasteiger partial charge in [0, 0.05) is 0 Å². The summed E-state index contributed by atoms with van der Waals surface area (Å²) in [6, 6.07) is 2.18. The van der Waals surface area contributed by atoms with Crippen molar-refractivity contribution in [1.29, 1.82) is 0 Å². The normalized spacial score (nSPS) is 12.0. The lowest BCUT2D eigenvalue weighted by molar-refractivity contribution is 0.748. The van der Waals surface area contributed by atoms with E-state index in [1.54, 1.807) is 0 Å². The standard InChI is InChI=1S/C10H22Cl2Si.C2H6Cl2Si/c1-3-5-7-9-13(11,12)10-8-6-4-2;1-5(2,3)4/h3-10H2,1-2H3;1-2H3. The van der Waals surface area contributed by atoms with Crippen molar-refractivity contribution in [2.45, 2.75) is 77.6 Å². The second kappa shape index (κ2) is 12.3. The predicted octanol–water partition coefficient (Wildman–Crippen LogP) is 7.45. The zero-order valence-corrected chi connectivity index (χ0v) is 17.2. The minimum Gasteiger partial charge on any atom is -0.146 e. The average molecular weight is 370 g/mol. The Morgan fingerprint density at radius 2 is 0.944 bits per heavy atom. The Labute approximate surface area is 135 Å². The SMILES string of the molecule is CCCCC[Si](Cl)(Cl)CCCCC.C[Si](C)(Cl)Cl. The zero-order valence-electron chi connectivity index (χ0n) is 12.2. The molecule has 0 spiro atoms. The maximum absolute atomic E-state index is 6.31. The Morgan fingerprint density at radius 1 is 0.667 bits per heavy atom. The molecule has 0 saturated carbocycles. The van der Waals surface area contributed by atoms with Crippen LogP contribution in [0.2, 0.25) is 25.2 Å². The number of unbranched alkanes of at least 4 members (excludes halogenated alkanes) is 4. The zero-order chi connectivity index (χ0) is 14.7. The highest BCUT2D eigenvalue weighted by molar-refractivity contribution is 7.45. The van der Waals surface area contributed by atoms with Gasteiger partial charge in [-0.1, -0.05) is 52.4 Å². The number of hydrogen-bond donors (Lipinski definition) is 0. The lowest BCUT2D eigenvalue weighted by Crippen LogP contribution is -2.17. The van der Waals surface area contributed by atoms with E-state index >= 15 is 0 Å². The quantitative estimate of drug-likeness (QED) is 0.236. The first-order valence-corrected chi connectivity index (χ1v) is 16.3. The highest BCUT2D eigenvalue weighted by atomic mass is 35.7. The third-order valence-corrected chi connectivity index (χ3v) is 6.73. The molecule has 0 atom stereocenters. The molecule has 0 saturated heterocycles. The molecule has 0 amide bonds. The van der Waals surface area contributed by atoms with Gasteiger partial charge in [0.2, 0.25) is 6.69 Å². The molecule has 0 bridgehead atoms. The van der Waals surface area contributed by atoms with Gasteiger partial charge in [0.25, 0.3) is 6.69 Å². The first kappa shape index (κ1) is 21.9. The molecule has 0 N–H and O–H groups in total. The van der Waals surface area contributed by atoms with Crippen molar-refractivity contribution in [1.82, 2.24) is 0 Å². The predicted molar refractivity (Wildman–Crippen MR) is 95.3 cm³/mol. The Morgan fingerprint density at radius 3 is 1.17 bits per heavy atom. The van der Waals surface area contributed by atoms with E-state index in [-0.39, 0.29) is 0 Å². The van der Waals surface area contributed by atoms with Crippen LogP contribution < -0.4 is 0 Å². The van der Waals surface area contributed by atoms with Gasteiger partial charge in [0.05, 0.1) is 0 Å². The number of halogens is 4. The Hall–Kier alpha value is 1.59. The Bertz CT molecular complexity index is 163. The monoisotopic (exact) mass is 368 g/mol. The summed E-state index contributed by atoms with van der Waals surface area (Å²) in [7, 11) is 0. The third-order valence-electron chi connectivity index (χ3n) is 2.29. The largest absolute Gasteiger partial charge is 0.251 e. The molecule has 112 valence electrons. The molecule has 0 heterocycles. The minimum absolute atomic E-state index is 1.09. The summed E-state index contributed by atoms with van der Waals surface area (Å²) < 4.78 is 0. The van der Waals surface area contributed by atoms with Crippen LogP contribution in [0.1, 0.15) is 52.4 Å². The molecule has 0 unspecified atom stereocenters. The van der Waals surface area contributed by atoms with Crippen LogP contribution in [-0.2, 0) is 0 Å². The van der Waals surface area contributed by atoms with Gasteiger partial charge in [-0.05, 0) is 25.2 Å². The van der Waals surface area contributed by atoms with Crippen LogP contribution in [0.3, 0.4) is 0 Å². The van der Waals surface area contributed by atoms with Crippen LogP contribution in [0.15, 0.2) is 0 Å². The topological polar surface area (TPSA) is 0 Å². The van der Waals surface area contributed by atoms with E-state index in [0.29, 0.717) is 0 Å². The van der Waals surface area contributed by atoms with Crippen molar-refractivity contribution in [2.75, 3.05) is 0 Å². The van der Waals surface area contributed by atoms with E-state index in [1.807, 2.05) is 13.1 Å². The van der Waals surface area contributed by atoms with Crippen LogP contribution in [0.25, 0.3) is 0 Å². The molecule has 0 aromatic rings. The van der Waals surface area contributed by atoms with Gasteiger partial charge in [0.1, 0.15) is 0 Å². The van der Waals surface area contributed by atoms with Gasteiger partial charge < -0.3 is 0 Å². The van der Waals surface area contributed by atoms with Crippen molar-refractivity contribution in [2.24, 2.45) is 0 Å². The summed E-state index contributed by atoms with van der Waals surface area (Å²) in [4.78, 5) is 0. The van der Waals surface area contributed by atoms with E-state index < -0.39 is 13.4 Å². The van der Waals surface area contributed by atoms with Gasteiger partial charge in [-0.3, -0.25) is 0 Å². The lowest BCUT2D eigenvalue weighted by Gasteiger charge is -2.15. The maximum Gasteiger partial charge on any atom is 0.251 e. The molecule has 0 aromatic carbocycles. The van der Waals surface area contributed by atoms with Crippen molar-refractivity contribution >= 4 is 57.7 Å². The van der Waals surface area contributed by atoms with Gasteiger partial charge >= 0.3 is 0 Å². The smallest absolute Gasteiger partial charge is 0.146 e. The van der Waals surface area contributed by atoms with E-state index in [0.717, 1.165) is 12.1 Å². The van der Waals surface area contributed by atoms with Crippen LogP contribution >= 0.6 is 44.3 Å². The molecule has 0 aliphatic heterocycles. The Kier molecular flexibility index (Phi) is 15.0. The third kappa shape index (κ3) is 26.2. The Balaban J connectivity index is 0. The first-order valence-electron chi connectivity index (χ1n) is 6.88. The second-order valence-electron chi connectivity index (χ2n) is 5.10. The minimum atomic E-state index is -1.83. The van der Waals surface area contributed by atoms with Crippen molar-refractivity contribution < 1.29 is 0 Å². The van der Waals surface area contributed by atoms with Gasteiger partial charge in [-0.25, -0.2) is 0 Å². The van der Waals surface area contributed by atoms with Gasteiger partial charge in [-0.15, -0.1) is 44.3 Å². The van der Waals surface area contributed by atoms with Crippen molar-refractivity contribution in [3.63, 3.8) is 0 Å². The molecule has 0 aliphatic carbocycles. The van der Waals surface area contributed by atoms with E-state index in [9.17, 15) is 0 Å². The van der Waals surface area contributed by atoms with Gasteiger partial charge in [0.15, 0.2) is 0 Å². The molecule has 0 aromatic heterocycles. The number of rotatable bonds is 8. The molecule has 0 aliphatic rings. The lowest BCUT2D eigenvalue weighted by atomic mass is 10.3. The summed E-state index contributed by atoms with van der Waals surface area (Å²) in [6.07, 6.45) is 7.52. The van der Waals surface area contributed by atoms with Crippen LogP contribution in [-0.4, -0.2) is 13.4 Å². The van der Waals surface area contributed by atoms with Gasteiger partial charge in [-0.2, -0.15) is 0 Å². The van der Waals surface area contributed by atoms with Crippen LogP contribution in [0.5, 0.6) is 0 Å². The number of hydrogen-bond acceptors (Lipinski definition) is 0. The molecular formula is C12H28Cl4Si2. The molecular weight excluding hydrogens is 342 g/mol. The summed E-state index contributed by atoms with van der Waals surface area (Å²) in [6.45, 7) is 4.64. The second-order valence-corrected chi connectivity index (χ2v) is 21.6. The molecule has 0 fully saturated rings. The molecule has 0 radical (unpaired) electrons. The van der Waals surface area contributed by atoms with E-state index in [1.165, 1.54) is 38.5 Å². The van der Waals surface area contributed by atoms with Crippen LogP contribution in [0, 0.1) is 0 Å². The average Bonchev–Trinajstić information content (AvgIpc) is 2.15. The van der Waals surface area contributed by atoms with Crippen molar-refractivity contribution in [3.05, 3.63) is 0 Å². The summed E-state index contributed by atoms with van der Waals surface area (Å²) >= 11 is 23.5. The fraction of sp³-hybridized carbons (Fsp3) is 1.00. The highest BCUT2D eigenvalue weighted by Gasteiger charge is 2.26. The first-order chi connectivity index (χ1) is 8.12. The van der Waals surface area contributed by atoms with Crippen molar-refractivity contribution in [3.8, 4) is 0 Å². The fourth-order valence-corrected chi connectivity index (χ4v) is 4.78. The summed E-state index contributed by atoms with van der Waals surface area (Å²) in [5.41, 5.74) is 0. The maximum atomic E-state index is 6.31. The fourth-order valence-electron chi connectivity index (χ4n) is 1.39. The molecule has 0 rings (SSSR count). The van der Waals surface area contributed by atoms with Crippen LogP contribution in [0.4, 0.5) is 0 Å². The summed E-state index contributed by atoms with van der Waals surface area (Å²) in [5.74, 6) is 0. The molecule has 0 nitrogen and oxygen atoms in total. The van der Waals surface area contributed by atoms with E-state index in [4.69, 9.17) is 44.3 Å². The molecule has 6 heteroatoms. The summed E-state index contributed by atoms with van der Waals surface area (Å²) in [5, 5.41) is 0. The highest BCUT2D eigenvalue weighted by Crippen LogP contribution is 2.30. The van der Waals surface area contributed by atoms with E-state index in [2.05, 4.69) is 13.8 Å².